The van der Waals surface area contributed by atoms with Crippen LogP contribution in [0, 0.1) is 0 Å². The molecule has 2 spiro atoms. The first-order valence-electron chi connectivity index (χ1n) is 19.4. The fraction of sp³-hybridized carbons (Fsp3) is 0.429. The first-order valence-corrected chi connectivity index (χ1v) is 19.4. The summed E-state index contributed by atoms with van der Waals surface area (Å²) in [5, 5.41) is 24.9. The number of carbonyl (C=O) groups excluding carboxylic acids is 8. The number of cyclic esters (lactones) is 2. The normalized spacial score (nSPS) is 27.8. The largest absolute Gasteiger partial charge is 0.574 e. The average molecular weight is 867 g/mol. The maximum Gasteiger partial charge on any atom is 0.348 e. The first-order chi connectivity index (χ1) is 29.3. The Labute approximate surface area is 353 Å². The zero-order valence-corrected chi connectivity index (χ0v) is 34.0. The Hall–Kier alpha value is -7.12. The molecule has 1 aliphatic carbocycles. The molecule has 0 amide bonds. The van der Waals surface area contributed by atoms with Gasteiger partial charge in [-0.05, 0) is 52.0 Å². The van der Waals surface area contributed by atoms with Crippen LogP contribution < -0.4 is 10.2 Å². The average Bonchev–Trinajstić information content (AvgIpc) is 3.18. The van der Waals surface area contributed by atoms with E-state index in [1.54, 1.807) is 13.8 Å². The van der Waals surface area contributed by atoms with Crippen LogP contribution in [-0.4, -0.2) is 84.1 Å². The van der Waals surface area contributed by atoms with Crippen molar-refractivity contribution >= 4 is 47.8 Å². The third-order valence-electron chi connectivity index (χ3n) is 9.56. The maximum atomic E-state index is 12.9. The molecule has 332 valence electrons. The monoisotopic (exact) mass is 866 g/mol. The van der Waals surface area contributed by atoms with Gasteiger partial charge in [0.2, 0.25) is 0 Å². The number of esters is 8. The van der Waals surface area contributed by atoms with E-state index in [2.05, 4.69) is 0 Å². The van der Waals surface area contributed by atoms with Crippen molar-refractivity contribution in [3.05, 3.63) is 94.9 Å². The summed E-state index contributed by atoms with van der Waals surface area (Å²) in [6.07, 6.45) is 10.7. The summed E-state index contributed by atoms with van der Waals surface area (Å²) >= 11 is 0. The van der Waals surface area contributed by atoms with Gasteiger partial charge >= 0.3 is 47.8 Å². The third kappa shape index (κ3) is 11.2. The molecular weight excluding hydrogens is 824 g/mol. The highest BCUT2D eigenvalue weighted by Gasteiger charge is 2.56. The lowest BCUT2D eigenvalue weighted by molar-refractivity contribution is -0.397. The lowest BCUT2D eigenvalue weighted by Gasteiger charge is -2.45. The fourth-order valence-corrected chi connectivity index (χ4v) is 6.35. The van der Waals surface area contributed by atoms with Crippen LogP contribution in [0.1, 0.15) is 79.1 Å². The second-order valence-corrected chi connectivity index (χ2v) is 14.3. The van der Waals surface area contributed by atoms with E-state index in [9.17, 15) is 48.6 Å². The highest BCUT2D eigenvalue weighted by atomic mass is 16.8. The van der Waals surface area contributed by atoms with E-state index in [-0.39, 0.29) is 64.6 Å². The van der Waals surface area contributed by atoms with Crippen molar-refractivity contribution in [3.8, 4) is 0 Å². The quantitative estimate of drug-likeness (QED) is 0.0789. The lowest BCUT2D eigenvalue weighted by atomic mass is 9.87. The second kappa shape index (κ2) is 19.1. The molecule has 20 heteroatoms. The van der Waals surface area contributed by atoms with Crippen molar-refractivity contribution in [1.29, 1.82) is 0 Å². The standard InChI is InChI=1S/C42H44O20/c1-5-53-29(43)17-19-39(3)55-31(45)25(32(46)56-39)13-9-7-11-15-27-35(49)59-41(60-36(27)50)21-23-42(24-22-41)61-37(51)28(38(52)62-42)16-12-8-10-14-26-33(47)57-40(4,58-34(26)48)20-18-30(44)54-6-2/h7-16,45,47H,5-6,17-24H2,1-4H3/p-2/b11-7+,12-8+,13-9+,14-10+,27-15?,28-16?. The van der Waals surface area contributed by atoms with Crippen LogP contribution in [0.4, 0.5) is 0 Å². The minimum Gasteiger partial charge on any atom is -0.574 e. The molecule has 0 N–H and O–H groups in total. The summed E-state index contributed by atoms with van der Waals surface area (Å²) in [6, 6.07) is 0. The molecular formula is C42H42O20-2. The molecule has 5 aliphatic rings. The van der Waals surface area contributed by atoms with Gasteiger partial charge in [-0.3, -0.25) is 9.59 Å². The van der Waals surface area contributed by atoms with Crippen molar-refractivity contribution in [2.45, 2.75) is 102 Å². The van der Waals surface area contributed by atoms with E-state index in [4.69, 9.17) is 47.4 Å². The number of allylic oxidation sites excluding steroid dienone is 8. The molecule has 4 heterocycles. The molecule has 20 nitrogen and oxygen atoms in total. The SMILES string of the molecule is CCOC(=O)CCC1(C)OC(=O)C(/C=C/C=C/C=C2C(=O)OC3(CCC4(CC3)OC(=O)C(=C/C=C/C=C/C3=C([O-])OC(C)(CCC(=O)OCC)OC3=O)C(=O)O4)OC2=O)=C([O-])O1. The number of ether oxygens (including phenoxy) is 10. The molecule has 2 atom stereocenters. The topological polar surface area (TPSA) is 275 Å². The van der Waals surface area contributed by atoms with E-state index >= 15 is 0 Å². The number of rotatable bonds is 14. The maximum absolute atomic E-state index is 12.9. The third-order valence-corrected chi connectivity index (χ3v) is 9.56. The summed E-state index contributed by atoms with van der Waals surface area (Å²) in [7, 11) is 0. The number of hydrogen-bond acceptors (Lipinski definition) is 20. The molecule has 0 aromatic carbocycles. The molecule has 2 unspecified atom stereocenters. The minimum absolute atomic E-state index is 0.113. The molecule has 0 bridgehead atoms. The minimum atomic E-state index is -1.73. The predicted molar refractivity (Wildman–Crippen MR) is 198 cm³/mol. The van der Waals surface area contributed by atoms with E-state index < -0.39 is 105 Å². The molecule has 3 fully saturated rings. The Kier molecular flexibility index (Phi) is 14.1. The van der Waals surface area contributed by atoms with Crippen LogP contribution in [-0.2, 0) is 85.7 Å². The van der Waals surface area contributed by atoms with Crippen LogP contribution in [0.5, 0.6) is 0 Å². The zero-order chi connectivity index (χ0) is 45.3. The van der Waals surface area contributed by atoms with Crippen LogP contribution in [0.25, 0.3) is 0 Å². The van der Waals surface area contributed by atoms with Gasteiger partial charge in [0.1, 0.15) is 11.1 Å². The second-order valence-electron chi connectivity index (χ2n) is 14.3. The molecule has 62 heavy (non-hydrogen) atoms. The Balaban J connectivity index is 1.11. The highest BCUT2D eigenvalue weighted by molar-refractivity contribution is 6.16. The lowest BCUT2D eigenvalue weighted by Crippen LogP contribution is -2.56. The molecule has 2 saturated heterocycles. The molecule has 4 aliphatic heterocycles. The summed E-state index contributed by atoms with van der Waals surface area (Å²) in [5.41, 5.74) is -1.83. The van der Waals surface area contributed by atoms with Gasteiger partial charge in [0.15, 0.2) is 11.6 Å². The first kappa shape index (κ1) is 46.0. The zero-order valence-electron chi connectivity index (χ0n) is 34.0. The van der Waals surface area contributed by atoms with Crippen LogP contribution >= 0.6 is 0 Å². The summed E-state index contributed by atoms with van der Waals surface area (Å²) in [6.45, 7) is 6.25. The number of hydrogen-bond donors (Lipinski definition) is 0. The van der Waals surface area contributed by atoms with Crippen LogP contribution in [0.3, 0.4) is 0 Å². The van der Waals surface area contributed by atoms with Gasteiger partial charge in [-0.15, -0.1) is 0 Å². The van der Waals surface area contributed by atoms with Crippen LogP contribution in [0.2, 0.25) is 0 Å². The van der Waals surface area contributed by atoms with Gasteiger partial charge in [0, 0.05) is 38.5 Å². The molecule has 1 saturated carbocycles. The molecule has 0 aromatic heterocycles. The highest BCUT2D eigenvalue weighted by Crippen LogP contribution is 2.45. The van der Waals surface area contributed by atoms with E-state index in [0.717, 1.165) is 24.3 Å². The van der Waals surface area contributed by atoms with Crippen LogP contribution in [0.15, 0.2) is 94.9 Å². The smallest absolute Gasteiger partial charge is 0.348 e. The van der Waals surface area contributed by atoms with Gasteiger partial charge in [0.25, 0.3) is 11.6 Å². The summed E-state index contributed by atoms with van der Waals surface area (Å²) < 4.78 is 52.4. The molecule has 0 aromatic rings. The van der Waals surface area contributed by atoms with E-state index in [1.165, 1.54) is 50.3 Å². The van der Waals surface area contributed by atoms with Gasteiger partial charge in [-0.2, -0.15) is 0 Å². The molecule has 5 rings (SSSR count). The van der Waals surface area contributed by atoms with Gasteiger partial charge in [-0.1, -0.05) is 36.5 Å². The fourth-order valence-electron chi connectivity index (χ4n) is 6.35. The van der Waals surface area contributed by atoms with Crippen molar-refractivity contribution < 1.29 is 95.9 Å². The Morgan fingerprint density at radius 1 is 0.516 bits per heavy atom. The summed E-state index contributed by atoms with van der Waals surface area (Å²) in [4.78, 5) is 99.8. The Morgan fingerprint density at radius 2 is 0.855 bits per heavy atom. The van der Waals surface area contributed by atoms with Gasteiger partial charge in [0.05, 0.1) is 49.1 Å². The Morgan fingerprint density at radius 3 is 1.16 bits per heavy atom. The van der Waals surface area contributed by atoms with Gasteiger partial charge < -0.3 is 57.6 Å². The Bertz CT molecular complexity index is 1940. The predicted octanol–water partition coefficient (Wildman–Crippen LogP) is 1.64. The van der Waals surface area contributed by atoms with Crippen molar-refractivity contribution in [1.82, 2.24) is 0 Å². The van der Waals surface area contributed by atoms with Crippen molar-refractivity contribution in [3.63, 3.8) is 0 Å². The molecule has 0 radical (unpaired) electrons. The van der Waals surface area contributed by atoms with Crippen molar-refractivity contribution in [2.75, 3.05) is 13.2 Å². The van der Waals surface area contributed by atoms with Crippen molar-refractivity contribution in [2.24, 2.45) is 0 Å². The van der Waals surface area contributed by atoms with Gasteiger partial charge in [-0.25, -0.2) is 28.8 Å². The van der Waals surface area contributed by atoms with E-state index in [1.807, 2.05) is 0 Å². The summed E-state index contributed by atoms with van der Waals surface area (Å²) in [5.74, 6) is -15.9. The van der Waals surface area contributed by atoms with E-state index in [0.29, 0.717) is 0 Å². The number of carbonyl (C=O) groups is 8.